The molecule has 0 heterocycles. The third-order valence-corrected chi connectivity index (χ3v) is 0. The molecular weight excluding hydrogens is 534 g/mol. The molecule has 0 aromatic heterocycles. The Morgan fingerprint density at radius 3 is 0.290 bits per heavy atom. The van der Waals surface area contributed by atoms with Gasteiger partial charge >= 0.3 is 121 Å². The fourth-order valence-corrected chi connectivity index (χ4v) is 0. The first kappa shape index (κ1) is 124. The molecule has 5 N–H and O–H groups in total. The van der Waals surface area contributed by atoms with Gasteiger partial charge in [0.1, 0.15) is 0 Å². The normalized spacial score (nSPS) is 3.87. The molecule has 26 heteroatoms. The van der Waals surface area contributed by atoms with Crippen molar-refractivity contribution in [3.8, 4) is 0 Å². The molecule has 0 saturated carbocycles. The molecule has 0 aromatic carbocycles. The first-order valence-electron chi connectivity index (χ1n) is 3.06. The van der Waals surface area contributed by atoms with Gasteiger partial charge in [0.05, 0.1) is 0 Å². The fraction of sp³-hybridized carbons (Fsp3) is 0. The Kier molecular flexibility index (Phi) is 447. The Morgan fingerprint density at radius 1 is 0.290 bits per heavy atom. The maximum atomic E-state index is 8.33. The van der Waals surface area contributed by atoms with E-state index in [2.05, 4.69) is 0 Å². The summed E-state index contributed by atoms with van der Waals surface area (Å²) in [5.41, 5.74) is 0. The standard InChI is InChI=1S/5CH2O3.3Al.3Mg.5H2O/c5*2-1(3)4;;;;;;;;;;;/h5*(H2,2,3,4);;;;;;;5*1H2/q;;;;;3*+3;3*+2;;;;;/p-15. The second-order valence-electron chi connectivity index (χ2n) is 1.25. The minimum absolute atomic E-state index is 0. The summed E-state index contributed by atoms with van der Waals surface area (Å²) in [5.74, 6) is 0. The SMILES string of the molecule is O=C([O-])[O-].O=C([O-])[O-].O=C([O-])[O-].O=C([O-])[O-].O=C([O-])[O-].[Al+3].[Al+3].[Al+3].[Mg+2].[Mg+2].[Mg+2].[OH-].[OH-].[OH-].[OH-].[OH-]. The largest absolute Gasteiger partial charge is 3.00 e. The Hall–Kier alpha value is 0.0461. The molecule has 0 bridgehead atoms. The van der Waals surface area contributed by atoms with Gasteiger partial charge in [0.2, 0.25) is 0 Å². The summed E-state index contributed by atoms with van der Waals surface area (Å²) >= 11 is 0. The quantitative estimate of drug-likeness (QED) is 0.258. The van der Waals surface area contributed by atoms with Crippen LogP contribution in [0.4, 0.5) is 24.0 Å². The Balaban J connectivity index is -0.00000000595. The van der Waals surface area contributed by atoms with Crippen LogP contribution in [-0.4, -0.2) is 179 Å². The van der Waals surface area contributed by atoms with Crippen LogP contribution >= 0.6 is 0 Å². The molecule has 0 aliphatic heterocycles. The zero-order chi connectivity index (χ0) is 17.9. The predicted octanol–water partition coefficient (Wildman–Crippen LogP) is -15.4. The molecule has 0 aromatic rings. The number of hydrogen-bond acceptors (Lipinski definition) is 20. The van der Waals surface area contributed by atoms with Crippen molar-refractivity contribution in [3.05, 3.63) is 0 Å². The van der Waals surface area contributed by atoms with E-state index in [0.717, 1.165) is 0 Å². The van der Waals surface area contributed by atoms with Gasteiger partial charge in [-0.15, -0.1) is 0 Å². The summed E-state index contributed by atoms with van der Waals surface area (Å²) in [6.07, 6.45) is -11.7. The second kappa shape index (κ2) is 112. The van der Waals surface area contributed by atoms with Crippen LogP contribution in [0.15, 0.2) is 0 Å². The van der Waals surface area contributed by atoms with Crippen molar-refractivity contribution in [1.82, 2.24) is 0 Å². The zero-order valence-electron chi connectivity index (χ0n) is 14.7. The Morgan fingerprint density at radius 2 is 0.290 bits per heavy atom. The molecule has 0 amide bonds. The topological polar surface area (TPSA) is 466 Å². The van der Waals surface area contributed by atoms with Gasteiger partial charge in [-0.25, -0.2) is 0 Å². The van der Waals surface area contributed by atoms with Crippen molar-refractivity contribution in [1.29, 1.82) is 0 Å². The molecule has 31 heavy (non-hydrogen) atoms. The molecule has 0 rings (SSSR count). The van der Waals surface area contributed by atoms with Crippen LogP contribution in [-0.2, 0) is 0 Å². The monoisotopic (exact) mass is 538 g/mol. The number of carbonyl (C=O) groups is 5. The van der Waals surface area contributed by atoms with Gasteiger partial charge in [-0.1, -0.05) is 0 Å². The molecular formula is C5H5Al3Mg3O20. The number of hydrogen-bond donors (Lipinski definition) is 0. The fourth-order valence-electron chi connectivity index (χ4n) is 0. The van der Waals surface area contributed by atoms with E-state index in [0.29, 0.717) is 0 Å². The van der Waals surface area contributed by atoms with Crippen LogP contribution in [0.1, 0.15) is 0 Å². The molecule has 0 aliphatic rings. The van der Waals surface area contributed by atoms with Gasteiger partial charge in [-0.05, 0) is 30.8 Å². The van der Waals surface area contributed by atoms with Gasteiger partial charge in [-0.2, -0.15) is 0 Å². The summed E-state index contributed by atoms with van der Waals surface area (Å²) in [5, 5.41) is 83.3. The Bertz CT molecular complexity index is 231. The van der Waals surface area contributed by atoms with Crippen LogP contribution < -0.4 is 51.1 Å². The van der Waals surface area contributed by atoms with Crippen LogP contribution in [0.2, 0.25) is 0 Å². The maximum Gasteiger partial charge on any atom is 3.00 e. The third-order valence-electron chi connectivity index (χ3n) is 0. The van der Waals surface area contributed by atoms with E-state index in [9.17, 15) is 0 Å². The molecule has 20 nitrogen and oxygen atoms in total. The Labute approximate surface area is 252 Å². The minimum Gasteiger partial charge on any atom is -0.870 e. The smallest absolute Gasteiger partial charge is 0.870 e. The first-order valence-corrected chi connectivity index (χ1v) is 3.06. The summed E-state index contributed by atoms with van der Waals surface area (Å²) in [7, 11) is 0. The third kappa shape index (κ3) is 11100000. The average molecular weight is 539 g/mol. The van der Waals surface area contributed by atoms with Gasteiger partial charge in [-0.3, -0.25) is 0 Å². The summed E-state index contributed by atoms with van der Waals surface area (Å²) in [6, 6.07) is 0. The number of carboxylic acid groups (broad SMARTS) is 10. The van der Waals surface area contributed by atoms with E-state index >= 15 is 0 Å². The van der Waals surface area contributed by atoms with E-state index in [4.69, 9.17) is 75.0 Å². The van der Waals surface area contributed by atoms with Crippen LogP contribution in [0, 0.1) is 0 Å². The van der Waals surface area contributed by atoms with Crippen LogP contribution in [0.25, 0.3) is 0 Å². The van der Waals surface area contributed by atoms with E-state index in [1.807, 2.05) is 0 Å². The predicted molar refractivity (Wildman–Crippen MR) is 71.2 cm³/mol. The van der Waals surface area contributed by atoms with E-state index in [1.54, 1.807) is 0 Å². The average Bonchev–Trinajstić information content (AvgIpc) is 1.94. The molecule has 160 valence electrons. The van der Waals surface area contributed by atoms with Crippen molar-refractivity contribution in [2.75, 3.05) is 0 Å². The van der Waals surface area contributed by atoms with Gasteiger partial charge in [0.25, 0.3) is 0 Å². The van der Waals surface area contributed by atoms with Crippen LogP contribution in [0.5, 0.6) is 0 Å². The van der Waals surface area contributed by atoms with Gasteiger partial charge < -0.3 is 102 Å². The van der Waals surface area contributed by atoms with Gasteiger partial charge in [0, 0.05) is 0 Å². The first-order chi connectivity index (χ1) is 8.66. The summed E-state index contributed by atoms with van der Waals surface area (Å²) in [6.45, 7) is 0. The molecule has 0 spiro atoms. The molecule has 0 aliphatic carbocycles. The second-order valence-corrected chi connectivity index (χ2v) is 1.25. The van der Waals surface area contributed by atoms with E-state index < -0.39 is 30.8 Å². The molecule has 0 radical (unpaired) electrons. The minimum atomic E-state index is -2.33. The van der Waals surface area contributed by atoms with Crippen molar-refractivity contribution in [3.63, 3.8) is 0 Å². The summed E-state index contributed by atoms with van der Waals surface area (Å²) in [4.78, 5) is 41.7. The van der Waals surface area contributed by atoms with Crippen molar-refractivity contribution < 1.29 is 102 Å². The molecule has 0 atom stereocenters. The van der Waals surface area contributed by atoms with Crippen molar-refractivity contribution >= 4 is 152 Å². The summed E-state index contributed by atoms with van der Waals surface area (Å²) < 4.78 is 0. The van der Waals surface area contributed by atoms with E-state index in [-0.39, 0.29) is 149 Å². The number of rotatable bonds is 0. The van der Waals surface area contributed by atoms with Crippen molar-refractivity contribution in [2.24, 2.45) is 0 Å². The van der Waals surface area contributed by atoms with Crippen LogP contribution in [0.3, 0.4) is 0 Å². The van der Waals surface area contributed by atoms with Gasteiger partial charge in [0.15, 0.2) is 0 Å². The number of carbonyl (C=O) groups excluding carboxylic acids is 5. The molecule has 0 fully saturated rings. The molecule has 0 saturated heterocycles. The molecule has 0 unspecified atom stereocenters. The maximum absolute atomic E-state index is 8.33. The van der Waals surface area contributed by atoms with E-state index in [1.165, 1.54) is 0 Å². The van der Waals surface area contributed by atoms with Crippen molar-refractivity contribution in [2.45, 2.75) is 0 Å². The zero-order valence-corrected chi connectivity index (χ0v) is 22.4.